The van der Waals surface area contributed by atoms with Gasteiger partial charge in [0.15, 0.2) is 0 Å². The van der Waals surface area contributed by atoms with Gasteiger partial charge < -0.3 is 14.5 Å². The van der Waals surface area contributed by atoms with E-state index in [0.29, 0.717) is 64.3 Å². The Balaban J connectivity index is 1.74. The molecular weight excluding hydrogens is 406 g/mol. The largest absolute Gasteiger partial charge is 0.466 e. The van der Waals surface area contributed by atoms with Gasteiger partial charge in [0.1, 0.15) is 0 Å². The fourth-order valence-corrected chi connectivity index (χ4v) is 5.37. The monoisotopic (exact) mass is 437 g/mol. The normalized spacial score (nSPS) is 19.6. The fraction of sp³-hybridized carbons (Fsp3) is 0.619. The number of likely N-dealkylation sites (N-methyl/N-ethyl adjacent to an activating group) is 1. The van der Waals surface area contributed by atoms with E-state index in [-0.39, 0.29) is 22.7 Å². The molecule has 3 rings (SSSR count). The number of piperidine rings is 1. The molecule has 30 heavy (non-hydrogen) atoms. The summed E-state index contributed by atoms with van der Waals surface area (Å²) < 4.78 is 32.7. The first-order valence-corrected chi connectivity index (χ1v) is 11.9. The Morgan fingerprint density at radius 2 is 1.70 bits per heavy atom. The number of likely N-dealkylation sites (tertiary alicyclic amines) is 1. The second-order valence-electron chi connectivity index (χ2n) is 8.00. The van der Waals surface area contributed by atoms with Crippen LogP contribution in [0.4, 0.5) is 0 Å². The SMILES string of the molecule is CCOC(=O)C1CCN(C(=O)c2cc(S(=O)(=O)N3CCN(C)CC3)ccc2C)CC1. The van der Waals surface area contributed by atoms with Crippen molar-refractivity contribution in [3.8, 4) is 0 Å². The third kappa shape index (κ3) is 4.84. The number of carbonyl (C=O) groups excluding carboxylic acids is 2. The van der Waals surface area contributed by atoms with Crippen molar-refractivity contribution < 1.29 is 22.7 Å². The number of carbonyl (C=O) groups is 2. The zero-order valence-corrected chi connectivity index (χ0v) is 18.8. The Hall–Kier alpha value is -1.97. The highest BCUT2D eigenvalue weighted by Crippen LogP contribution is 2.24. The van der Waals surface area contributed by atoms with Gasteiger partial charge in [0.2, 0.25) is 10.0 Å². The van der Waals surface area contributed by atoms with Gasteiger partial charge in [-0.1, -0.05) is 6.07 Å². The quantitative estimate of drug-likeness (QED) is 0.646. The van der Waals surface area contributed by atoms with Crippen molar-refractivity contribution in [3.05, 3.63) is 29.3 Å². The lowest BCUT2D eigenvalue weighted by Gasteiger charge is -2.32. The van der Waals surface area contributed by atoms with Crippen LogP contribution >= 0.6 is 0 Å². The highest BCUT2D eigenvalue weighted by Gasteiger charge is 2.31. The summed E-state index contributed by atoms with van der Waals surface area (Å²) >= 11 is 0. The Labute approximate surface area is 178 Å². The number of nitrogens with zero attached hydrogens (tertiary/aromatic N) is 3. The molecule has 8 nitrogen and oxygen atoms in total. The molecule has 2 aliphatic heterocycles. The van der Waals surface area contributed by atoms with Crippen LogP contribution in [0.25, 0.3) is 0 Å². The number of rotatable bonds is 5. The average Bonchev–Trinajstić information content (AvgIpc) is 2.74. The van der Waals surface area contributed by atoms with E-state index in [1.807, 2.05) is 14.0 Å². The van der Waals surface area contributed by atoms with Gasteiger partial charge >= 0.3 is 5.97 Å². The van der Waals surface area contributed by atoms with E-state index in [1.54, 1.807) is 24.0 Å². The molecule has 2 fully saturated rings. The molecule has 0 spiro atoms. The third-order valence-corrected chi connectivity index (χ3v) is 7.84. The van der Waals surface area contributed by atoms with Gasteiger partial charge in [0.25, 0.3) is 5.91 Å². The summed E-state index contributed by atoms with van der Waals surface area (Å²) in [5, 5.41) is 0. The predicted molar refractivity (Wildman–Crippen MR) is 113 cm³/mol. The van der Waals surface area contributed by atoms with E-state index in [0.717, 1.165) is 5.56 Å². The number of sulfonamides is 1. The number of benzene rings is 1. The Morgan fingerprint density at radius 1 is 1.07 bits per heavy atom. The van der Waals surface area contributed by atoms with Crippen LogP contribution < -0.4 is 0 Å². The number of ether oxygens (including phenoxy) is 1. The smallest absolute Gasteiger partial charge is 0.309 e. The first-order chi connectivity index (χ1) is 14.2. The summed E-state index contributed by atoms with van der Waals surface area (Å²) in [6, 6.07) is 4.77. The highest BCUT2D eigenvalue weighted by molar-refractivity contribution is 7.89. The van der Waals surface area contributed by atoms with Crippen LogP contribution in [0.15, 0.2) is 23.1 Å². The van der Waals surface area contributed by atoms with Crippen LogP contribution in [0.3, 0.4) is 0 Å². The first-order valence-electron chi connectivity index (χ1n) is 10.5. The molecule has 0 aromatic heterocycles. The number of amides is 1. The molecule has 1 amide bonds. The topological polar surface area (TPSA) is 87.2 Å². The molecule has 2 aliphatic rings. The lowest BCUT2D eigenvalue weighted by atomic mass is 9.96. The summed E-state index contributed by atoms with van der Waals surface area (Å²) in [6.07, 6.45) is 1.12. The summed E-state index contributed by atoms with van der Waals surface area (Å²) in [7, 11) is -1.67. The van der Waals surface area contributed by atoms with Crippen LogP contribution in [0.5, 0.6) is 0 Å². The van der Waals surface area contributed by atoms with Crippen molar-refractivity contribution in [2.75, 3.05) is 52.9 Å². The highest BCUT2D eigenvalue weighted by atomic mass is 32.2. The average molecular weight is 438 g/mol. The van der Waals surface area contributed by atoms with Gasteiger partial charge in [-0.3, -0.25) is 9.59 Å². The molecular formula is C21H31N3O5S. The van der Waals surface area contributed by atoms with E-state index in [2.05, 4.69) is 4.90 Å². The molecule has 0 unspecified atom stereocenters. The summed E-state index contributed by atoms with van der Waals surface area (Å²) in [6.45, 7) is 7.11. The molecule has 9 heteroatoms. The Bertz CT molecular complexity index is 886. The van der Waals surface area contributed by atoms with Gasteiger partial charge in [0.05, 0.1) is 17.4 Å². The molecule has 0 saturated carbocycles. The van der Waals surface area contributed by atoms with Crippen molar-refractivity contribution in [2.45, 2.75) is 31.6 Å². The van der Waals surface area contributed by atoms with Crippen molar-refractivity contribution in [1.29, 1.82) is 0 Å². The summed E-state index contributed by atoms with van der Waals surface area (Å²) in [5.74, 6) is -0.578. The lowest BCUT2D eigenvalue weighted by Crippen LogP contribution is -2.47. The van der Waals surface area contributed by atoms with E-state index in [9.17, 15) is 18.0 Å². The second-order valence-corrected chi connectivity index (χ2v) is 9.94. The number of piperazine rings is 1. The van der Waals surface area contributed by atoms with Gasteiger partial charge in [-0.25, -0.2) is 8.42 Å². The molecule has 0 radical (unpaired) electrons. The van der Waals surface area contributed by atoms with Crippen molar-refractivity contribution in [1.82, 2.24) is 14.1 Å². The van der Waals surface area contributed by atoms with E-state index < -0.39 is 10.0 Å². The molecule has 1 aromatic carbocycles. The van der Waals surface area contributed by atoms with Crippen LogP contribution in [-0.2, 0) is 19.6 Å². The molecule has 166 valence electrons. The van der Waals surface area contributed by atoms with Gasteiger partial charge in [-0.05, 0) is 51.4 Å². The Kier molecular flexibility index (Phi) is 7.15. The summed E-state index contributed by atoms with van der Waals surface area (Å²) in [5.41, 5.74) is 1.14. The zero-order valence-electron chi connectivity index (χ0n) is 18.0. The van der Waals surface area contributed by atoms with Crippen LogP contribution in [0.2, 0.25) is 0 Å². The van der Waals surface area contributed by atoms with Crippen LogP contribution in [0, 0.1) is 12.8 Å². The molecule has 0 N–H and O–H groups in total. The standard InChI is InChI=1S/C21H31N3O5S/c1-4-29-21(26)17-7-9-23(10-8-17)20(25)19-15-18(6-5-16(19)2)30(27,28)24-13-11-22(3)12-14-24/h5-6,15,17H,4,7-14H2,1-3H3. The van der Waals surface area contributed by atoms with E-state index >= 15 is 0 Å². The molecule has 0 bridgehead atoms. The first kappa shape index (κ1) is 22.7. The minimum Gasteiger partial charge on any atom is -0.466 e. The van der Waals surface area contributed by atoms with Crippen LogP contribution in [-0.4, -0.2) is 87.3 Å². The van der Waals surface area contributed by atoms with E-state index in [1.165, 1.54) is 10.4 Å². The second kappa shape index (κ2) is 9.45. The molecule has 2 heterocycles. The van der Waals surface area contributed by atoms with Crippen molar-refractivity contribution >= 4 is 21.9 Å². The number of hydrogen-bond acceptors (Lipinski definition) is 6. The van der Waals surface area contributed by atoms with Gasteiger partial charge in [0, 0.05) is 44.8 Å². The van der Waals surface area contributed by atoms with Crippen molar-refractivity contribution in [2.24, 2.45) is 5.92 Å². The van der Waals surface area contributed by atoms with Gasteiger partial charge in [-0.2, -0.15) is 4.31 Å². The Morgan fingerprint density at radius 3 is 2.30 bits per heavy atom. The molecule has 2 saturated heterocycles. The molecule has 0 atom stereocenters. The summed E-state index contributed by atoms with van der Waals surface area (Å²) in [4.78, 5) is 29.0. The fourth-order valence-electron chi connectivity index (χ4n) is 3.92. The maximum atomic E-state index is 13.1. The molecule has 1 aromatic rings. The zero-order chi connectivity index (χ0) is 21.9. The predicted octanol–water partition coefficient (Wildman–Crippen LogP) is 1.35. The molecule has 0 aliphatic carbocycles. The lowest BCUT2D eigenvalue weighted by molar-refractivity contribution is -0.149. The number of esters is 1. The van der Waals surface area contributed by atoms with Gasteiger partial charge in [-0.15, -0.1) is 0 Å². The minimum atomic E-state index is -3.64. The van der Waals surface area contributed by atoms with E-state index in [4.69, 9.17) is 4.74 Å². The maximum absolute atomic E-state index is 13.1. The van der Waals surface area contributed by atoms with Crippen LogP contribution in [0.1, 0.15) is 35.7 Å². The number of hydrogen-bond donors (Lipinski definition) is 0. The third-order valence-electron chi connectivity index (χ3n) is 5.94. The maximum Gasteiger partial charge on any atom is 0.309 e. The number of aryl methyl sites for hydroxylation is 1. The van der Waals surface area contributed by atoms with Crippen molar-refractivity contribution in [3.63, 3.8) is 0 Å². The minimum absolute atomic E-state index is 0.155.